The monoisotopic (exact) mass is 259 g/mol. The van der Waals surface area contributed by atoms with E-state index in [-0.39, 0.29) is 17.9 Å². The number of nitrogen functional groups attached to an aromatic ring is 1. The van der Waals surface area contributed by atoms with Gasteiger partial charge in [0.15, 0.2) is 0 Å². The Morgan fingerprint density at radius 1 is 1.16 bits per heavy atom. The summed E-state index contributed by atoms with van der Waals surface area (Å²) in [4.78, 5) is 24.2. The minimum absolute atomic E-state index is 0.101. The van der Waals surface area contributed by atoms with Gasteiger partial charge in [0.2, 0.25) is 0 Å². The molecule has 0 saturated heterocycles. The maximum absolute atomic E-state index is 12.2. The van der Waals surface area contributed by atoms with E-state index in [4.69, 9.17) is 5.73 Å². The number of benzene rings is 1. The van der Waals surface area contributed by atoms with E-state index in [1.807, 2.05) is 37.3 Å². The van der Waals surface area contributed by atoms with Crippen molar-refractivity contribution in [3.8, 4) is 0 Å². The Morgan fingerprint density at radius 3 is 2.47 bits per heavy atom. The Kier molecular flexibility index (Phi) is 3.85. The van der Waals surface area contributed by atoms with Gasteiger partial charge in [0.25, 0.3) is 5.56 Å². The van der Waals surface area contributed by atoms with Crippen molar-refractivity contribution in [2.24, 2.45) is 0 Å². The smallest absolute Gasteiger partial charge is 0.331 e. The van der Waals surface area contributed by atoms with E-state index in [9.17, 15) is 9.59 Å². The van der Waals surface area contributed by atoms with Crippen LogP contribution in [0.3, 0.4) is 0 Å². The van der Waals surface area contributed by atoms with Crippen molar-refractivity contribution in [3.63, 3.8) is 0 Å². The zero-order valence-corrected chi connectivity index (χ0v) is 10.9. The third-order valence-electron chi connectivity index (χ3n) is 2.91. The lowest BCUT2D eigenvalue weighted by molar-refractivity contribution is 0.573. The normalized spacial score (nSPS) is 10.6. The predicted molar refractivity (Wildman–Crippen MR) is 75.2 cm³/mol. The molecule has 2 N–H and O–H groups in total. The van der Waals surface area contributed by atoms with Crippen LogP contribution in [0.25, 0.3) is 0 Å². The summed E-state index contributed by atoms with van der Waals surface area (Å²) in [6.07, 6.45) is 2.23. The minimum Gasteiger partial charge on any atom is -0.393 e. The van der Waals surface area contributed by atoms with Crippen LogP contribution >= 0.6 is 0 Å². The first kappa shape index (κ1) is 13.1. The third kappa shape index (κ3) is 2.76. The highest BCUT2D eigenvalue weighted by molar-refractivity contribution is 5.31. The Bertz CT molecular complexity index is 671. The van der Waals surface area contributed by atoms with Crippen LogP contribution in [0, 0.1) is 0 Å². The third-order valence-corrected chi connectivity index (χ3v) is 2.91. The molecular weight excluding hydrogens is 242 g/mol. The van der Waals surface area contributed by atoms with Crippen molar-refractivity contribution in [1.29, 1.82) is 0 Å². The summed E-state index contributed by atoms with van der Waals surface area (Å²) in [7, 11) is 0. The van der Waals surface area contributed by atoms with Crippen LogP contribution in [0.4, 0.5) is 5.69 Å². The average Bonchev–Trinajstić information content (AvgIpc) is 2.42. The zero-order chi connectivity index (χ0) is 13.8. The molecule has 0 amide bonds. The number of anilines is 1. The second kappa shape index (κ2) is 5.56. The molecule has 1 aromatic carbocycles. The SMILES string of the molecule is CCCn1cc(N)c(=O)n(Cc2ccccc2)c1=O. The number of nitrogens with two attached hydrogens (primary N) is 1. The fourth-order valence-electron chi connectivity index (χ4n) is 1.98. The molecule has 0 atom stereocenters. The molecule has 2 aromatic rings. The molecule has 5 nitrogen and oxygen atoms in total. The lowest BCUT2D eigenvalue weighted by Crippen LogP contribution is -2.40. The fraction of sp³-hybridized carbons (Fsp3) is 0.286. The zero-order valence-electron chi connectivity index (χ0n) is 10.9. The average molecular weight is 259 g/mol. The number of aryl methyl sites for hydroxylation is 1. The van der Waals surface area contributed by atoms with Crippen LogP contribution in [0.1, 0.15) is 18.9 Å². The lowest BCUT2D eigenvalue weighted by atomic mass is 10.2. The van der Waals surface area contributed by atoms with Gasteiger partial charge < -0.3 is 5.73 Å². The molecule has 19 heavy (non-hydrogen) atoms. The van der Waals surface area contributed by atoms with Crippen molar-refractivity contribution in [2.75, 3.05) is 5.73 Å². The number of aromatic nitrogens is 2. The molecule has 0 saturated carbocycles. The number of rotatable bonds is 4. The van der Waals surface area contributed by atoms with Gasteiger partial charge >= 0.3 is 5.69 Å². The van der Waals surface area contributed by atoms with E-state index in [1.54, 1.807) is 0 Å². The number of hydrogen-bond acceptors (Lipinski definition) is 3. The highest BCUT2D eigenvalue weighted by Crippen LogP contribution is 2.00. The first-order chi connectivity index (χ1) is 9.13. The molecule has 0 radical (unpaired) electrons. The van der Waals surface area contributed by atoms with E-state index in [0.29, 0.717) is 6.54 Å². The lowest BCUT2D eigenvalue weighted by Gasteiger charge is -2.10. The van der Waals surface area contributed by atoms with Crippen LogP contribution < -0.4 is 17.0 Å². The maximum atomic E-state index is 12.2. The van der Waals surface area contributed by atoms with Crippen molar-refractivity contribution >= 4 is 5.69 Å². The summed E-state index contributed by atoms with van der Waals surface area (Å²) in [6.45, 7) is 2.76. The van der Waals surface area contributed by atoms with Crippen molar-refractivity contribution in [1.82, 2.24) is 9.13 Å². The van der Waals surface area contributed by atoms with Crippen molar-refractivity contribution in [3.05, 3.63) is 62.9 Å². The van der Waals surface area contributed by atoms with Crippen LogP contribution in [0.2, 0.25) is 0 Å². The van der Waals surface area contributed by atoms with Crippen molar-refractivity contribution < 1.29 is 0 Å². The standard InChI is InChI=1S/C14H17N3O2/c1-2-8-16-10-12(15)13(18)17(14(16)19)9-11-6-4-3-5-7-11/h3-7,10H,2,8-9,15H2,1H3. The van der Waals surface area contributed by atoms with Gasteiger partial charge in [0, 0.05) is 12.7 Å². The molecule has 5 heteroatoms. The summed E-state index contributed by atoms with van der Waals surface area (Å²) >= 11 is 0. The molecule has 1 aromatic heterocycles. The second-order valence-corrected chi connectivity index (χ2v) is 4.44. The van der Waals surface area contributed by atoms with E-state index in [2.05, 4.69) is 0 Å². The highest BCUT2D eigenvalue weighted by atomic mass is 16.2. The van der Waals surface area contributed by atoms with Gasteiger partial charge in [-0.2, -0.15) is 0 Å². The molecule has 0 aliphatic heterocycles. The Hall–Kier alpha value is -2.30. The summed E-state index contributed by atoms with van der Waals surface area (Å²) in [5.41, 5.74) is 5.94. The number of nitrogens with zero attached hydrogens (tertiary/aromatic N) is 2. The molecule has 0 fully saturated rings. The quantitative estimate of drug-likeness (QED) is 0.892. The van der Waals surface area contributed by atoms with E-state index < -0.39 is 5.56 Å². The second-order valence-electron chi connectivity index (χ2n) is 4.44. The Balaban J connectivity index is 2.50. The molecule has 0 unspecified atom stereocenters. The summed E-state index contributed by atoms with van der Waals surface area (Å²) in [6, 6.07) is 9.38. The van der Waals surface area contributed by atoms with Gasteiger partial charge in [0.1, 0.15) is 5.69 Å². The van der Waals surface area contributed by atoms with Crippen LogP contribution in [0.5, 0.6) is 0 Å². The van der Waals surface area contributed by atoms with Crippen LogP contribution in [-0.2, 0) is 13.1 Å². The molecule has 0 spiro atoms. The van der Waals surface area contributed by atoms with Crippen molar-refractivity contribution in [2.45, 2.75) is 26.4 Å². The van der Waals surface area contributed by atoms with Gasteiger partial charge in [0.05, 0.1) is 6.54 Å². The van der Waals surface area contributed by atoms with E-state index in [0.717, 1.165) is 12.0 Å². The first-order valence-electron chi connectivity index (χ1n) is 6.27. The number of hydrogen-bond donors (Lipinski definition) is 1. The maximum Gasteiger partial charge on any atom is 0.331 e. The summed E-state index contributed by atoms with van der Waals surface area (Å²) in [5, 5.41) is 0. The predicted octanol–water partition coefficient (Wildman–Crippen LogP) is 1.05. The van der Waals surface area contributed by atoms with Gasteiger partial charge in [-0.05, 0) is 12.0 Å². The van der Waals surface area contributed by atoms with Gasteiger partial charge in [-0.3, -0.25) is 13.9 Å². The van der Waals surface area contributed by atoms with Gasteiger partial charge in [-0.25, -0.2) is 4.79 Å². The Morgan fingerprint density at radius 2 is 1.84 bits per heavy atom. The van der Waals surface area contributed by atoms with E-state index >= 15 is 0 Å². The molecule has 0 bridgehead atoms. The van der Waals surface area contributed by atoms with E-state index in [1.165, 1.54) is 15.3 Å². The molecular formula is C14H17N3O2. The largest absolute Gasteiger partial charge is 0.393 e. The van der Waals surface area contributed by atoms with Crippen LogP contribution in [-0.4, -0.2) is 9.13 Å². The summed E-state index contributed by atoms with van der Waals surface area (Å²) < 4.78 is 2.67. The fourth-order valence-corrected chi connectivity index (χ4v) is 1.98. The topological polar surface area (TPSA) is 70.0 Å². The Labute approximate surface area is 110 Å². The molecule has 0 aliphatic carbocycles. The van der Waals surface area contributed by atoms with Crippen LogP contribution in [0.15, 0.2) is 46.1 Å². The van der Waals surface area contributed by atoms with Gasteiger partial charge in [-0.15, -0.1) is 0 Å². The molecule has 0 aliphatic rings. The molecule has 100 valence electrons. The minimum atomic E-state index is -0.429. The summed E-state index contributed by atoms with van der Waals surface area (Å²) in [5.74, 6) is 0. The highest BCUT2D eigenvalue weighted by Gasteiger charge is 2.09. The van der Waals surface area contributed by atoms with Gasteiger partial charge in [-0.1, -0.05) is 37.3 Å². The molecule has 2 rings (SSSR count). The first-order valence-corrected chi connectivity index (χ1v) is 6.27. The molecule has 1 heterocycles.